The molecule has 0 rings (SSSR count). The summed E-state index contributed by atoms with van der Waals surface area (Å²) < 4.78 is 0.348. The molecule has 0 aliphatic rings. The van der Waals surface area contributed by atoms with E-state index in [0.29, 0.717) is 4.43 Å². The van der Waals surface area contributed by atoms with Crippen LogP contribution in [0.5, 0.6) is 0 Å². The Balaban J connectivity index is 4.04. The van der Waals surface area contributed by atoms with Crippen molar-refractivity contribution in [3.05, 3.63) is 18.4 Å². The van der Waals surface area contributed by atoms with E-state index in [4.69, 9.17) is 0 Å². The summed E-state index contributed by atoms with van der Waals surface area (Å²) in [6, 6.07) is 0. The second-order valence-corrected chi connectivity index (χ2v) is 4.29. The lowest BCUT2D eigenvalue weighted by molar-refractivity contribution is -0.125. The van der Waals surface area contributed by atoms with Crippen LogP contribution in [-0.2, 0) is 9.59 Å². The molecule has 15 heavy (non-hydrogen) atoms. The van der Waals surface area contributed by atoms with Gasteiger partial charge in [-0.25, -0.2) is 0 Å². The average Bonchev–Trinajstić information content (AvgIpc) is 2.13. The third kappa shape index (κ3) is 7.16. The van der Waals surface area contributed by atoms with Gasteiger partial charge in [-0.3, -0.25) is 9.59 Å². The second kappa shape index (κ2) is 6.63. The fourth-order valence-corrected chi connectivity index (χ4v) is 1.19. The zero-order chi connectivity index (χ0) is 11.9. The van der Waals surface area contributed by atoms with Gasteiger partial charge in [0.1, 0.15) is 0 Å². The molecule has 2 amide bonds. The zero-order valence-electron chi connectivity index (χ0n) is 8.89. The Morgan fingerprint density at radius 1 is 1.47 bits per heavy atom. The van der Waals surface area contributed by atoms with Gasteiger partial charge < -0.3 is 10.6 Å². The summed E-state index contributed by atoms with van der Waals surface area (Å²) in [5.74, 6) is -0.382. The van der Waals surface area contributed by atoms with Crippen LogP contribution in [-0.4, -0.2) is 28.3 Å². The van der Waals surface area contributed by atoms with Gasteiger partial charge in [-0.15, -0.1) is 5.73 Å². The topological polar surface area (TPSA) is 58.2 Å². The molecule has 0 atom stereocenters. The van der Waals surface area contributed by atoms with Crippen LogP contribution < -0.4 is 10.6 Å². The van der Waals surface area contributed by atoms with Gasteiger partial charge in [0.05, 0.1) is 16.5 Å². The molecule has 84 valence electrons. The zero-order valence-corrected chi connectivity index (χ0v) is 11.1. The molecule has 4 nitrogen and oxygen atoms in total. The van der Waals surface area contributed by atoms with Gasteiger partial charge in [-0.1, -0.05) is 29.2 Å². The fourth-order valence-electron chi connectivity index (χ4n) is 0.921. The van der Waals surface area contributed by atoms with Crippen molar-refractivity contribution in [2.75, 3.05) is 11.0 Å². The highest BCUT2D eigenvalue weighted by Gasteiger charge is 2.16. The molecular formula is C10H15IN2O2. The van der Waals surface area contributed by atoms with E-state index in [9.17, 15) is 9.59 Å². The summed E-state index contributed by atoms with van der Waals surface area (Å²) in [5.41, 5.74) is 2.12. The molecular weight excluding hydrogens is 307 g/mol. The quantitative estimate of drug-likeness (QED) is 0.446. The van der Waals surface area contributed by atoms with Crippen molar-refractivity contribution in [3.8, 4) is 0 Å². The molecule has 0 bridgehead atoms. The highest BCUT2D eigenvalue weighted by atomic mass is 127. The summed E-state index contributed by atoms with van der Waals surface area (Å²) in [5, 5.41) is 5.21. The molecule has 0 aromatic heterocycles. The summed E-state index contributed by atoms with van der Waals surface area (Å²) >= 11 is 1.93. The van der Waals surface area contributed by atoms with E-state index in [1.165, 1.54) is 0 Å². The van der Waals surface area contributed by atoms with Crippen molar-refractivity contribution in [1.82, 2.24) is 10.6 Å². The molecule has 0 aliphatic heterocycles. The highest BCUT2D eigenvalue weighted by molar-refractivity contribution is 14.1. The van der Waals surface area contributed by atoms with Gasteiger partial charge in [0.25, 0.3) is 0 Å². The van der Waals surface area contributed by atoms with Crippen LogP contribution in [0.3, 0.4) is 0 Å². The Kier molecular flexibility index (Phi) is 6.27. The Hall–Kier alpha value is -0.810. The van der Waals surface area contributed by atoms with Crippen molar-refractivity contribution >= 4 is 34.4 Å². The minimum atomic E-state index is -0.492. The number of alkyl halides is 1. The molecule has 0 saturated heterocycles. The van der Waals surface area contributed by atoms with E-state index in [2.05, 4.69) is 22.9 Å². The first-order valence-electron chi connectivity index (χ1n) is 4.42. The van der Waals surface area contributed by atoms with Crippen LogP contribution in [0, 0.1) is 0 Å². The predicted octanol–water partition coefficient (Wildman–Crippen LogP) is 0.773. The Bertz CT molecular complexity index is 294. The normalized spacial score (nSPS) is 10.1. The molecule has 2 N–H and O–H groups in total. The van der Waals surface area contributed by atoms with E-state index in [1.54, 1.807) is 6.08 Å². The largest absolute Gasteiger partial charge is 0.346 e. The maximum absolute atomic E-state index is 11.4. The molecule has 0 saturated carbocycles. The first-order chi connectivity index (χ1) is 6.91. The number of rotatable bonds is 5. The van der Waals surface area contributed by atoms with Crippen molar-refractivity contribution in [2.45, 2.75) is 19.4 Å². The third-order valence-corrected chi connectivity index (χ3v) is 2.18. The molecule has 0 spiro atoms. The molecule has 0 aromatic carbocycles. The Morgan fingerprint density at radius 3 is 2.53 bits per heavy atom. The van der Waals surface area contributed by atoms with Gasteiger partial charge in [0.2, 0.25) is 11.8 Å². The lowest BCUT2D eigenvalue weighted by Crippen LogP contribution is -2.46. The molecule has 5 heteroatoms. The highest BCUT2D eigenvalue weighted by Crippen LogP contribution is 2.01. The summed E-state index contributed by atoms with van der Waals surface area (Å²) in [6.07, 6.45) is 1.66. The van der Waals surface area contributed by atoms with Gasteiger partial charge in [-0.05, 0) is 19.9 Å². The average molecular weight is 322 g/mol. The van der Waals surface area contributed by atoms with E-state index >= 15 is 0 Å². The third-order valence-electron chi connectivity index (χ3n) is 1.49. The van der Waals surface area contributed by atoms with Crippen LogP contribution in [0.15, 0.2) is 18.4 Å². The predicted molar refractivity (Wildman–Crippen MR) is 67.8 cm³/mol. The first kappa shape index (κ1) is 14.2. The summed E-state index contributed by atoms with van der Waals surface area (Å²) in [7, 11) is 0. The summed E-state index contributed by atoms with van der Waals surface area (Å²) in [4.78, 5) is 22.2. The van der Waals surface area contributed by atoms with Crippen molar-refractivity contribution in [2.24, 2.45) is 0 Å². The summed E-state index contributed by atoms with van der Waals surface area (Å²) in [6.45, 7) is 7.08. The van der Waals surface area contributed by atoms with E-state index < -0.39 is 5.54 Å². The molecule has 0 heterocycles. The van der Waals surface area contributed by atoms with Gasteiger partial charge in [0, 0.05) is 0 Å². The lowest BCUT2D eigenvalue weighted by Gasteiger charge is -2.21. The fraction of sp³-hybridized carbons (Fsp3) is 0.500. The smallest absolute Gasteiger partial charge is 0.240 e. The number of carbonyl (C=O) groups excluding carboxylic acids is 2. The van der Waals surface area contributed by atoms with Crippen LogP contribution in [0.2, 0.25) is 0 Å². The minimum Gasteiger partial charge on any atom is -0.346 e. The number of amides is 2. The van der Waals surface area contributed by atoms with E-state index in [1.807, 2.05) is 36.4 Å². The molecule has 0 aliphatic carbocycles. The Morgan fingerprint density at radius 2 is 2.07 bits per heavy atom. The van der Waals surface area contributed by atoms with Crippen LogP contribution >= 0.6 is 22.6 Å². The number of halogens is 1. The number of nitrogens with one attached hydrogen (secondary N) is 2. The standard InChI is InChI=1S/C10H15IN2O2/c1-4-5-10(2,3)13-9(15)7-12-8(14)6-11/h5H,1,6-7H2,2-3H3,(H,12,14)(H,13,15). The van der Waals surface area contributed by atoms with Crippen molar-refractivity contribution in [1.29, 1.82) is 0 Å². The number of carbonyl (C=O) groups is 2. The van der Waals surface area contributed by atoms with Crippen LogP contribution in [0.4, 0.5) is 0 Å². The second-order valence-electron chi connectivity index (χ2n) is 3.53. The monoisotopic (exact) mass is 322 g/mol. The van der Waals surface area contributed by atoms with Crippen LogP contribution in [0.25, 0.3) is 0 Å². The lowest BCUT2D eigenvalue weighted by atomic mass is 10.1. The number of hydrogen-bond donors (Lipinski definition) is 2. The Labute approximate surface area is 103 Å². The maximum atomic E-state index is 11.4. The van der Waals surface area contributed by atoms with Gasteiger partial charge in [0.15, 0.2) is 0 Å². The molecule has 0 fully saturated rings. The van der Waals surface area contributed by atoms with Crippen LogP contribution in [0.1, 0.15) is 13.8 Å². The van der Waals surface area contributed by atoms with Gasteiger partial charge in [-0.2, -0.15) is 0 Å². The van der Waals surface area contributed by atoms with Gasteiger partial charge >= 0.3 is 0 Å². The SMILES string of the molecule is C=C=CC(C)(C)NC(=O)CNC(=O)CI. The van der Waals surface area contributed by atoms with Crippen molar-refractivity contribution in [3.63, 3.8) is 0 Å². The molecule has 0 radical (unpaired) electrons. The van der Waals surface area contributed by atoms with E-state index in [0.717, 1.165) is 0 Å². The number of hydrogen-bond acceptors (Lipinski definition) is 2. The maximum Gasteiger partial charge on any atom is 0.240 e. The van der Waals surface area contributed by atoms with E-state index in [-0.39, 0.29) is 18.4 Å². The van der Waals surface area contributed by atoms with Crippen molar-refractivity contribution < 1.29 is 9.59 Å². The minimum absolute atomic E-state index is 0.00372. The first-order valence-corrected chi connectivity index (χ1v) is 5.94. The molecule has 0 unspecified atom stereocenters. The molecule has 0 aromatic rings.